The van der Waals surface area contributed by atoms with Crippen molar-refractivity contribution in [1.82, 2.24) is 14.2 Å². The normalized spacial score (nSPS) is 10.1. The van der Waals surface area contributed by atoms with Gasteiger partial charge >= 0.3 is 5.69 Å². The number of hydrogen-bond donors (Lipinski definition) is 2. The molecular weight excluding hydrogens is 255 g/mol. The van der Waals surface area contributed by atoms with Crippen molar-refractivity contribution in [3.8, 4) is 0 Å². The van der Waals surface area contributed by atoms with E-state index in [1.807, 2.05) is 0 Å². The Balaban J connectivity index is 0.00000137. The van der Waals surface area contributed by atoms with E-state index in [0.29, 0.717) is 6.54 Å². The molecule has 0 spiro atoms. The van der Waals surface area contributed by atoms with Crippen LogP contribution in [0.3, 0.4) is 0 Å². The zero-order chi connectivity index (χ0) is 14.3. The zero-order valence-electron chi connectivity index (χ0n) is 11.0. The molecule has 1 atom stereocenters. The predicted octanol–water partition coefficient (Wildman–Crippen LogP) is -0.964. The molecule has 0 fully saturated rings. The van der Waals surface area contributed by atoms with Crippen molar-refractivity contribution in [3.63, 3.8) is 0 Å². The summed E-state index contributed by atoms with van der Waals surface area (Å²) in [6.07, 6.45) is 0. The van der Waals surface area contributed by atoms with Crippen LogP contribution in [0.25, 0.3) is 0 Å². The third kappa shape index (κ3) is 3.27. The maximum absolute atomic E-state index is 11.8. The Hall–Kier alpha value is -1.46. The van der Waals surface area contributed by atoms with E-state index in [9.17, 15) is 14.4 Å². The van der Waals surface area contributed by atoms with E-state index in [-0.39, 0.29) is 14.4 Å². The van der Waals surface area contributed by atoms with Crippen LogP contribution in [0.4, 0.5) is 0 Å². The van der Waals surface area contributed by atoms with Gasteiger partial charge in [-0.05, 0) is 29.4 Å². The molecule has 0 aromatic carbocycles. The standard InChI is InChI=1S/C9H14N3O3P.CH5N/c1-4-11-7(13)5-6(8(14)10-2)12(16-3)9(11)15;1-2/h5,16H,4H2,1-3H3,(H,10,14);2H2,1H3. The third-order valence-corrected chi connectivity index (χ3v) is 3.07. The maximum Gasteiger partial charge on any atom is 0.334 e. The Bertz CT molecular complexity index is 521. The van der Waals surface area contributed by atoms with Gasteiger partial charge in [-0.3, -0.25) is 18.5 Å². The minimum atomic E-state index is -0.444. The Morgan fingerprint density at radius 2 is 2.00 bits per heavy atom. The fraction of sp³-hybridized carbons (Fsp3) is 0.500. The van der Waals surface area contributed by atoms with Gasteiger partial charge < -0.3 is 11.1 Å². The minimum Gasteiger partial charge on any atom is -0.354 e. The van der Waals surface area contributed by atoms with Crippen molar-refractivity contribution in [3.05, 3.63) is 32.6 Å². The molecule has 8 heteroatoms. The van der Waals surface area contributed by atoms with Crippen LogP contribution in [0.1, 0.15) is 17.4 Å². The lowest BCUT2D eigenvalue weighted by Crippen LogP contribution is -2.40. The zero-order valence-corrected chi connectivity index (χ0v) is 12.0. The lowest BCUT2D eigenvalue weighted by molar-refractivity contribution is 0.0956. The highest BCUT2D eigenvalue weighted by Gasteiger charge is 2.14. The Kier molecular flexibility index (Phi) is 7.16. The monoisotopic (exact) mass is 274 g/mol. The molecule has 1 heterocycles. The number of carbonyl (C=O) groups excluding carboxylic acids is 1. The van der Waals surface area contributed by atoms with Crippen LogP contribution in [-0.4, -0.2) is 35.6 Å². The Morgan fingerprint density at radius 1 is 1.44 bits per heavy atom. The summed E-state index contributed by atoms with van der Waals surface area (Å²) < 4.78 is 2.41. The number of nitrogens with two attached hydrogens (primary N) is 1. The molecule has 0 aliphatic heterocycles. The molecule has 0 bridgehead atoms. The quantitative estimate of drug-likeness (QED) is 0.693. The van der Waals surface area contributed by atoms with Crippen LogP contribution < -0.4 is 22.3 Å². The first-order chi connectivity index (χ1) is 8.56. The van der Waals surface area contributed by atoms with E-state index in [4.69, 9.17) is 0 Å². The van der Waals surface area contributed by atoms with Gasteiger partial charge in [-0.1, -0.05) is 0 Å². The lowest BCUT2D eigenvalue weighted by Gasteiger charge is -2.11. The molecule has 1 unspecified atom stereocenters. The summed E-state index contributed by atoms with van der Waals surface area (Å²) in [5.41, 5.74) is 3.73. The van der Waals surface area contributed by atoms with Gasteiger partial charge in [-0.25, -0.2) is 4.79 Å². The summed E-state index contributed by atoms with van der Waals surface area (Å²) >= 11 is 0. The van der Waals surface area contributed by atoms with Crippen LogP contribution in [-0.2, 0) is 6.54 Å². The van der Waals surface area contributed by atoms with Crippen molar-refractivity contribution < 1.29 is 4.79 Å². The largest absolute Gasteiger partial charge is 0.354 e. The second-order valence-corrected chi connectivity index (χ2v) is 3.93. The number of carbonyl (C=O) groups is 1. The van der Waals surface area contributed by atoms with Crippen LogP contribution >= 0.6 is 8.73 Å². The van der Waals surface area contributed by atoms with E-state index in [2.05, 4.69) is 11.1 Å². The molecule has 0 aliphatic rings. The molecule has 0 aliphatic carbocycles. The molecule has 1 amide bonds. The highest BCUT2D eigenvalue weighted by molar-refractivity contribution is 7.35. The van der Waals surface area contributed by atoms with Gasteiger partial charge in [0, 0.05) is 19.7 Å². The molecule has 1 aromatic heterocycles. The van der Waals surface area contributed by atoms with Gasteiger partial charge in [-0.2, -0.15) is 0 Å². The van der Waals surface area contributed by atoms with E-state index < -0.39 is 17.2 Å². The number of nitrogens with zero attached hydrogens (tertiary/aromatic N) is 2. The lowest BCUT2D eigenvalue weighted by atomic mass is 10.4. The van der Waals surface area contributed by atoms with Crippen molar-refractivity contribution >= 4 is 14.6 Å². The number of hydrogen-bond acceptors (Lipinski definition) is 4. The van der Waals surface area contributed by atoms with Crippen molar-refractivity contribution in [2.24, 2.45) is 5.73 Å². The summed E-state index contributed by atoms with van der Waals surface area (Å²) in [6, 6.07) is 1.19. The summed E-state index contributed by atoms with van der Waals surface area (Å²) in [5.74, 6) is -0.424. The van der Waals surface area contributed by atoms with Crippen molar-refractivity contribution in [2.45, 2.75) is 13.5 Å². The van der Waals surface area contributed by atoms with E-state index >= 15 is 0 Å². The SMILES string of the molecule is CCn1c(=O)cc(C(=O)NC)n(PC)c1=O.CN. The van der Waals surface area contributed by atoms with Gasteiger partial charge in [0.05, 0.1) is 0 Å². The number of rotatable bonds is 3. The number of amides is 1. The van der Waals surface area contributed by atoms with Crippen molar-refractivity contribution in [2.75, 3.05) is 20.8 Å². The van der Waals surface area contributed by atoms with Crippen LogP contribution in [0.5, 0.6) is 0 Å². The van der Waals surface area contributed by atoms with Gasteiger partial charge in [0.2, 0.25) is 0 Å². The molecule has 1 rings (SSSR count). The van der Waals surface area contributed by atoms with Gasteiger partial charge in [0.1, 0.15) is 5.69 Å². The minimum absolute atomic E-state index is 0.103. The smallest absolute Gasteiger partial charge is 0.334 e. The van der Waals surface area contributed by atoms with Gasteiger partial charge in [0.15, 0.2) is 0 Å². The highest BCUT2D eigenvalue weighted by atomic mass is 31.1. The predicted molar refractivity (Wildman–Crippen MR) is 73.8 cm³/mol. The molecular formula is C10H19N4O3P. The molecule has 18 heavy (non-hydrogen) atoms. The van der Waals surface area contributed by atoms with Crippen LogP contribution in [0, 0.1) is 0 Å². The fourth-order valence-electron chi connectivity index (χ4n) is 1.38. The van der Waals surface area contributed by atoms with E-state index in [1.54, 1.807) is 13.6 Å². The first-order valence-electron chi connectivity index (χ1n) is 5.41. The number of nitrogens with one attached hydrogen (secondary N) is 1. The molecule has 1 aromatic rings. The second-order valence-electron chi connectivity index (χ2n) is 3.03. The summed E-state index contributed by atoms with van der Waals surface area (Å²) in [7, 11) is 3.06. The average Bonchev–Trinajstić information content (AvgIpc) is 2.40. The summed E-state index contributed by atoms with van der Waals surface area (Å²) in [5, 5.41) is 2.41. The maximum atomic E-state index is 11.8. The van der Waals surface area contributed by atoms with Crippen LogP contribution in [0.15, 0.2) is 15.7 Å². The Morgan fingerprint density at radius 3 is 2.39 bits per heavy atom. The first kappa shape index (κ1) is 16.5. The summed E-state index contributed by atoms with van der Waals surface area (Å²) in [6.45, 7) is 3.79. The van der Waals surface area contributed by atoms with Crippen LogP contribution in [0.2, 0.25) is 0 Å². The van der Waals surface area contributed by atoms with Crippen molar-refractivity contribution in [1.29, 1.82) is 0 Å². The molecule has 102 valence electrons. The Labute approximate surface area is 107 Å². The fourth-order valence-corrected chi connectivity index (χ4v) is 2.10. The topological polar surface area (TPSA) is 99.1 Å². The molecule has 0 saturated carbocycles. The van der Waals surface area contributed by atoms with Gasteiger partial charge in [0.25, 0.3) is 11.5 Å². The molecule has 7 nitrogen and oxygen atoms in total. The number of aromatic nitrogens is 2. The highest BCUT2D eigenvalue weighted by Crippen LogP contribution is 2.07. The first-order valence-corrected chi connectivity index (χ1v) is 6.86. The molecule has 3 N–H and O–H groups in total. The average molecular weight is 274 g/mol. The third-order valence-electron chi connectivity index (χ3n) is 2.19. The van der Waals surface area contributed by atoms with E-state index in [1.165, 1.54) is 24.5 Å². The van der Waals surface area contributed by atoms with Gasteiger partial charge in [-0.15, -0.1) is 0 Å². The summed E-state index contributed by atoms with van der Waals surface area (Å²) in [4.78, 5) is 34.9. The molecule has 0 radical (unpaired) electrons. The molecule has 0 saturated heterocycles. The van der Waals surface area contributed by atoms with E-state index in [0.717, 1.165) is 4.57 Å². The second kappa shape index (κ2) is 7.79.